The van der Waals surface area contributed by atoms with Crippen LogP contribution in [0.3, 0.4) is 0 Å². The molecule has 0 saturated heterocycles. The van der Waals surface area contributed by atoms with Gasteiger partial charge in [0.1, 0.15) is 0 Å². The molecule has 0 radical (unpaired) electrons. The molecule has 0 unspecified atom stereocenters. The largest absolute Gasteiger partial charge is 0.312 e. The van der Waals surface area contributed by atoms with Crippen LogP contribution in [-0.2, 0) is 4.79 Å². The van der Waals surface area contributed by atoms with Crippen LogP contribution < -0.4 is 10.6 Å². The van der Waals surface area contributed by atoms with Crippen LogP contribution in [0.25, 0.3) is 0 Å². The number of fused-ring (bicyclic) bond motifs is 1. The first kappa shape index (κ1) is 17.2. The summed E-state index contributed by atoms with van der Waals surface area (Å²) in [6.07, 6.45) is -1.29. The number of carbonyl (C=O) groups excluding carboxylic acids is 1. The fourth-order valence-corrected chi connectivity index (χ4v) is 2.75. The number of benzene rings is 2. The molecule has 0 aliphatic carbocycles. The van der Waals surface area contributed by atoms with E-state index in [2.05, 4.69) is 4.99 Å². The quantitative estimate of drug-likeness (QED) is 0.654. The Morgan fingerprint density at radius 3 is 2.42 bits per heavy atom. The van der Waals surface area contributed by atoms with E-state index in [4.69, 9.17) is 5.73 Å². The molecule has 1 aliphatic heterocycles. The minimum absolute atomic E-state index is 0.0567. The lowest BCUT2D eigenvalue weighted by molar-refractivity contribution is -0.385. The molecular weight excluding hydrogens is 342 g/mol. The lowest BCUT2D eigenvalue weighted by atomic mass is 9.98. The minimum Gasteiger partial charge on any atom is -0.312 e. The molecule has 1 aliphatic rings. The molecule has 2 aromatic rings. The van der Waals surface area contributed by atoms with Crippen LogP contribution in [0.1, 0.15) is 11.1 Å². The van der Waals surface area contributed by atoms with Gasteiger partial charge in [0.25, 0.3) is 17.3 Å². The standard InChI is InChI=1S/C16H13N5O5/c1-19-12-7-6-9(20(23)24)8-11(12)14(18-15(17)16(19)22)10-4-2-3-5-13(10)21(25)26/h2-8,15H,17H2,1H3/t15-/m1/s1. The maximum Gasteiger partial charge on any atom is 0.278 e. The van der Waals surface area contributed by atoms with Crippen molar-refractivity contribution in [2.75, 3.05) is 11.9 Å². The predicted molar refractivity (Wildman–Crippen MR) is 93.2 cm³/mol. The summed E-state index contributed by atoms with van der Waals surface area (Å²) in [5.41, 5.74) is 6.07. The Labute approximate surface area is 146 Å². The van der Waals surface area contributed by atoms with Crippen molar-refractivity contribution in [3.63, 3.8) is 0 Å². The highest BCUT2D eigenvalue weighted by atomic mass is 16.6. The van der Waals surface area contributed by atoms with Gasteiger partial charge in [-0.25, -0.2) is 0 Å². The Morgan fingerprint density at radius 1 is 1.08 bits per heavy atom. The van der Waals surface area contributed by atoms with Crippen molar-refractivity contribution < 1.29 is 14.6 Å². The van der Waals surface area contributed by atoms with Gasteiger partial charge in [-0.3, -0.25) is 30.0 Å². The summed E-state index contributed by atoms with van der Waals surface area (Å²) >= 11 is 0. The maximum absolute atomic E-state index is 12.3. The maximum atomic E-state index is 12.3. The molecule has 0 bridgehead atoms. The highest BCUT2D eigenvalue weighted by molar-refractivity contribution is 6.21. The summed E-state index contributed by atoms with van der Waals surface area (Å²) in [5, 5.41) is 22.5. The second-order valence-corrected chi connectivity index (χ2v) is 5.55. The van der Waals surface area contributed by atoms with E-state index in [0.717, 1.165) is 0 Å². The van der Waals surface area contributed by atoms with Gasteiger partial charge in [0, 0.05) is 30.8 Å². The first-order valence-corrected chi connectivity index (χ1v) is 7.45. The van der Waals surface area contributed by atoms with Gasteiger partial charge < -0.3 is 10.6 Å². The Balaban J connectivity index is 2.35. The number of anilines is 1. The molecule has 0 aromatic heterocycles. The van der Waals surface area contributed by atoms with Gasteiger partial charge in [-0.15, -0.1) is 0 Å². The molecule has 26 heavy (non-hydrogen) atoms. The van der Waals surface area contributed by atoms with Crippen molar-refractivity contribution in [3.05, 3.63) is 73.8 Å². The number of likely N-dealkylation sites (N-methyl/N-ethyl adjacent to an activating group) is 1. The zero-order valence-corrected chi connectivity index (χ0v) is 13.5. The molecule has 1 atom stereocenters. The molecular formula is C16H13N5O5. The molecule has 1 heterocycles. The summed E-state index contributed by atoms with van der Waals surface area (Å²) in [6, 6.07) is 9.68. The number of non-ortho nitro benzene ring substituents is 1. The first-order valence-electron chi connectivity index (χ1n) is 7.45. The van der Waals surface area contributed by atoms with E-state index in [1.54, 1.807) is 6.07 Å². The average molecular weight is 355 g/mol. The SMILES string of the molecule is CN1C(=O)[C@H](N)N=C(c2ccccc2[N+](=O)[O-])c2cc([N+](=O)[O-])ccc21. The average Bonchev–Trinajstić information content (AvgIpc) is 2.72. The number of amides is 1. The minimum atomic E-state index is -1.29. The summed E-state index contributed by atoms with van der Waals surface area (Å²) in [7, 11) is 1.46. The molecule has 2 aromatic carbocycles. The van der Waals surface area contributed by atoms with Gasteiger partial charge in [0.15, 0.2) is 6.17 Å². The fourth-order valence-electron chi connectivity index (χ4n) is 2.75. The zero-order chi connectivity index (χ0) is 19.0. The number of hydrogen-bond donors (Lipinski definition) is 1. The number of rotatable bonds is 3. The van der Waals surface area contributed by atoms with Crippen LogP contribution >= 0.6 is 0 Å². The summed E-state index contributed by atoms with van der Waals surface area (Å²) in [4.78, 5) is 39.1. The van der Waals surface area contributed by atoms with Gasteiger partial charge in [0.2, 0.25) is 0 Å². The van der Waals surface area contributed by atoms with Crippen molar-refractivity contribution in [2.45, 2.75) is 6.17 Å². The van der Waals surface area contributed by atoms with E-state index in [0.29, 0.717) is 5.69 Å². The molecule has 0 spiro atoms. The first-order chi connectivity index (χ1) is 12.3. The van der Waals surface area contributed by atoms with Crippen molar-refractivity contribution in [1.82, 2.24) is 0 Å². The number of nitro benzene ring substituents is 2. The number of hydrogen-bond acceptors (Lipinski definition) is 7. The van der Waals surface area contributed by atoms with Gasteiger partial charge >= 0.3 is 0 Å². The third kappa shape index (κ3) is 2.78. The molecule has 0 saturated carbocycles. The van der Waals surface area contributed by atoms with Gasteiger partial charge in [-0.2, -0.15) is 0 Å². The fraction of sp³-hybridized carbons (Fsp3) is 0.125. The molecule has 0 fully saturated rings. The number of nitrogens with two attached hydrogens (primary N) is 1. The van der Waals surface area contributed by atoms with Crippen LogP contribution in [0.5, 0.6) is 0 Å². The number of nitrogens with zero attached hydrogens (tertiary/aromatic N) is 4. The van der Waals surface area contributed by atoms with Crippen molar-refractivity contribution in [3.8, 4) is 0 Å². The molecule has 10 nitrogen and oxygen atoms in total. The molecule has 132 valence electrons. The van der Waals surface area contributed by atoms with E-state index in [1.165, 1.54) is 48.3 Å². The number of nitro groups is 2. The van der Waals surface area contributed by atoms with Crippen molar-refractivity contribution >= 4 is 28.7 Å². The van der Waals surface area contributed by atoms with E-state index in [-0.39, 0.29) is 28.2 Å². The van der Waals surface area contributed by atoms with E-state index < -0.39 is 21.9 Å². The van der Waals surface area contributed by atoms with Gasteiger partial charge in [-0.1, -0.05) is 12.1 Å². The van der Waals surface area contributed by atoms with Gasteiger partial charge in [-0.05, 0) is 12.1 Å². The Morgan fingerprint density at radius 2 is 1.77 bits per heavy atom. The van der Waals surface area contributed by atoms with Crippen LogP contribution in [0.4, 0.5) is 17.1 Å². The number of aliphatic imine (C=N–C) groups is 1. The topological polar surface area (TPSA) is 145 Å². The second kappa shape index (κ2) is 6.33. The van der Waals surface area contributed by atoms with Crippen LogP contribution in [0, 0.1) is 20.2 Å². The van der Waals surface area contributed by atoms with E-state index in [9.17, 15) is 25.0 Å². The molecule has 3 rings (SSSR count). The molecule has 10 heteroatoms. The van der Waals surface area contributed by atoms with Crippen molar-refractivity contribution in [2.24, 2.45) is 10.7 Å². The van der Waals surface area contributed by atoms with Crippen LogP contribution in [0.15, 0.2) is 47.5 Å². The normalized spacial score (nSPS) is 16.5. The monoisotopic (exact) mass is 355 g/mol. The summed E-state index contributed by atoms with van der Waals surface area (Å²) in [6.45, 7) is 0. The third-order valence-corrected chi connectivity index (χ3v) is 4.02. The van der Waals surface area contributed by atoms with Crippen LogP contribution in [0.2, 0.25) is 0 Å². The predicted octanol–water partition coefficient (Wildman–Crippen LogP) is 1.60. The Hall–Kier alpha value is -3.66. The van der Waals surface area contributed by atoms with E-state index >= 15 is 0 Å². The molecule has 2 N–H and O–H groups in total. The zero-order valence-electron chi connectivity index (χ0n) is 13.5. The lowest BCUT2D eigenvalue weighted by Crippen LogP contribution is -2.39. The van der Waals surface area contributed by atoms with Crippen LogP contribution in [-0.4, -0.2) is 34.7 Å². The highest BCUT2D eigenvalue weighted by Gasteiger charge is 2.31. The molecule has 1 amide bonds. The lowest BCUT2D eigenvalue weighted by Gasteiger charge is -2.18. The smallest absolute Gasteiger partial charge is 0.278 e. The summed E-state index contributed by atoms with van der Waals surface area (Å²) < 4.78 is 0. The number of benzodiazepines with no additional fused rings is 1. The number of para-hydroxylation sites is 1. The van der Waals surface area contributed by atoms with E-state index in [1.807, 2.05) is 0 Å². The Kier molecular flexibility index (Phi) is 4.18. The highest BCUT2D eigenvalue weighted by Crippen LogP contribution is 2.32. The van der Waals surface area contributed by atoms with Crippen molar-refractivity contribution in [1.29, 1.82) is 0 Å². The summed E-state index contributed by atoms with van der Waals surface area (Å²) in [5.74, 6) is -0.534. The Bertz CT molecular complexity index is 971. The number of carbonyl (C=O) groups is 1. The second-order valence-electron chi connectivity index (χ2n) is 5.55. The van der Waals surface area contributed by atoms with Gasteiger partial charge in [0.05, 0.1) is 26.8 Å². The third-order valence-electron chi connectivity index (χ3n) is 4.02.